The molecule has 1 aromatic heterocycles. The molecule has 0 amide bonds. The molecule has 2 rings (SSSR count). The predicted octanol–water partition coefficient (Wildman–Crippen LogP) is 2.94. The van der Waals surface area contributed by atoms with Gasteiger partial charge in [-0.05, 0) is 53.0 Å². The summed E-state index contributed by atoms with van der Waals surface area (Å²) in [7, 11) is 0. The van der Waals surface area contributed by atoms with Gasteiger partial charge in [-0.2, -0.15) is 0 Å². The minimum Gasteiger partial charge on any atom is -0.357 e. The number of guanidine groups is 1. The molecule has 6 heteroatoms. The van der Waals surface area contributed by atoms with Crippen LogP contribution in [0.1, 0.15) is 49.2 Å². The van der Waals surface area contributed by atoms with Crippen LogP contribution in [0.5, 0.6) is 0 Å². The molecule has 2 heterocycles. The van der Waals surface area contributed by atoms with Crippen LogP contribution < -0.4 is 10.6 Å². The first-order valence-corrected chi connectivity index (χ1v) is 10.00. The second kappa shape index (κ2) is 9.37. The monoisotopic (exact) mass is 351 g/mol. The van der Waals surface area contributed by atoms with E-state index in [0.29, 0.717) is 12.6 Å². The van der Waals surface area contributed by atoms with Gasteiger partial charge < -0.3 is 10.6 Å². The van der Waals surface area contributed by atoms with Crippen LogP contribution in [0.15, 0.2) is 4.99 Å². The zero-order chi connectivity index (χ0) is 17.5. The number of nitrogens with one attached hydrogen (secondary N) is 2. The largest absolute Gasteiger partial charge is 0.357 e. The van der Waals surface area contributed by atoms with Gasteiger partial charge in [-0.1, -0.05) is 6.92 Å². The average Bonchev–Trinajstić information content (AvgIpc) is 2.87. The second-order valence-corrected chi connectivity index (χ2v) is 8.20. The first-order chi connectivity index (χ1) is 11.5. The molecule has 24 heavy (non-hydrogen) atoms. The molecule has 1 aliphatic rings. The van der Waals surface area contributed by atoms with Crippen LogP contribution in [0.2, 0.25) is 0 Å². The predicted molar refractivity (Wildman–Crippen MR) is 104 cm³/mol. The lowest BCUT2D eigenvalue weighted by atomic mass is 9.99. The summed E-state index contributed by atoms with van der Waals surface area (Å²) in [5.41, 5.74) is 1.10. The van der Waals surface area contributed by atoms with Gasteiger partial charge in [0, 0.05) is 30.6 Å². The van der Waals surface area contributed by atoms with E-state index >= 15 is 0 Å². The first kappa shape index (κ1) is 19.2. The van der Waals surface area contributed by atoms with Crippen LogP contribution in [0.4, 0.5) is 0 Å². The Balaban J connectivity index is 1.88. The van der Waals surface area contributed by atoms with E-state index in [1.54, 1.807) is 11.3 Å². The molecule has 2 unspecified atom stereocenters. The molecule has 1 aromatic rings. The highest BCUT2D eigenvalue weighted by Crippen LogP contribution is 2.18. The summed E-state index contributed by atoms with van der Waals surface area (Å²) in [6.07, 6.45) is 2.69. The SMILES string of the molecule is CCNC(=NCc1sc(C)nc1C)NCC(C)N1CCCC(C)C1. The summed E-state index contributed by atoms with van der Waals surface area (Å²) in [6.45, 7) is 15.8. The second-order valence-electron chi connectivity index (χ2n) is 6.91. The average molecular weight is 352 g/mol. The molecule has 0 spiro atoms. The number of rotatable bonds is 6. The van der Waals surface area contributed by atoms with Gasteiger partial charge >= 0.3 is 0 Å². The van der Waals surface area contributed by atoms with Crippen molar-refractivity contribution in [2.75, 3.05) is 26.2 Å². The summed E-state index contributed by atoms with van der Waals surface area (Å²) in [4.78, 5) is 13.1. The standard InChI is InChI=1S/C18H33N5S/c1-6-19-18(21-11-17-15(4)22-16(5)24-17)20-10-14(3)23-9-7-8-13(2)12-23/h13-14H,6-12H2,1-5H3,(H2,19,20,21). The molecule has 1 aliphatic heterocycles. The Morgan fingerprint density at radius 1 is 1.42 bits per heavy atom. The van der Waals surface area contributed by atoms with E-state index in [9.17, 15) is 0 Å². The fourth-order valence-electron chi connectivity index (χ4n) is 3.21. The van der Waals surface area contributed by atoms with Gasteiger partial charge in [0.15, 0.2) is 5.96 Å². The quantitative estimate of drug-likeness (QED) is 0.611. The van der Waals surface area contributed by atoms with Crippen molar-refractivity contribution >= 4 is 17.3 Å². The third kappa shape index (κ3) is 5.74. The third-order valence-electron chi connectivity index (χ3n) is 4.60. The van der Waals surface area contributed by atoms with E-state index in [0.717, 1.165) is 35.7 Å². The highest BCUT2D eigenvalue weighted by atomic mass is 32.1. The summed E-state index contributed by atoms with van der Waals surface area (Å²) in [5.74, 6) is 1.72. The van der Waals surface area contributed by atoms with Crippen LogP contribution in [0.25, 0.3) is 0 Å². The Morgan fingerprint density at radius 2 is 2.21 bits per heavy atom. The number of likely N-dealkylation sites (tertiary alicyclic amines) is 1. The highest BCUT2D eigenvalue weighted by Gasteiger charge is 2.20. The number of nitrogens with zero attached hydrogens (tertiary/aromatic N) is 3. The van der Waals surface area contributed by atoms with Crippen LogP contribution >= 0.6 is 11.3 Å². The molecule has 0 bridgehead atoms. The van der Waals surface area contributed by atoms with Crippen molar-refractivity contribution < 1.29 is 0 Å². The zero-order valence-corrected chi connectivity index (χ0v) is 16.7. The van der Waals surface area contributed by atoms with Gasteiger partial charge in [0.1, 0.15) is 0 Å². The molecule has 0 radical (unpaired) electrons. The lowest BCUT2D eigenvalue weighted by molar-refractivity contribution is 0.139. The summed E-state index contributed by atoms with van der Waals surface area (Å²) < 4.78 is 0. The van der Waals surface area contributed by atoms with Gasteiger partial charge in [0.05, 0.1) is 17.2 Å². The van der Waals surface area contributed by atoms with Crippen LogP contribution in [-0.2, 0) is 6.54 Å². The van der Waals surface area contributed by atoms with Gasteiger partial charge in [-0.15, -0.1) is 11.3 Å². The van der Waals surface area contributed by atoms with Crippen molar-refractivity contribution in [3.63, 3.8) is 0 Å². The fraction of sp³-hybridized carbons (Fsp3) is 0.778. The zero-order valence-electron chi connectivity index (χ0n) is 15.9. The van der Waals surface area contributed by atoms with Crippen LogP contribution in [0, 0.1) is 19.8 Å². The molecule has 0 saturated carbocycles. The first-order valence-electron chi connectivity index (χ1n) is 9.18. The number of aromatic nitrogens is 1. The number of hydrogen-bond acceptors (Lipinski definition) is 4. The molecule has 0 aromatic carbocycles. The van der Waals surface area contributed by atoms with Crippen molar-refractivity contribution in [3.8, 4) is 0 Å². The molecule has 1 fully saturated rings. The highest BCUT2D eigenvalue weighted by molar-refractivity contribution is 7.11. The maximum Gasteiger partial charge on any atom is 0.191 e. The molecule has 0 aliphatic carbocycles. The summed E-state index contributed by atoms with van der Waals surface area (Å²) in [5, 5.41) is 7.98. The lowest BCUT2D eigenvalue weighted by Gasteiger charge is -2.35. The molecule has 1 saturated heterocycles. The molecule has 2 N–H and O–H groups in total. The van der Waals surface area contributed by atoms with E-state index in [1.807, 2.05) is 0 Å². The van der Waals surface area contributed by atoms with Gasteiger partial charge in [-0.25, -0.2) is 9.98 Å². The molecule has 5 nitrogen and oxygen atoms in total. The lowest BCUT2D eigenvalue weighted by Crippen LogP contribution is -2.48. The van der Waals surface area contributed by atoms with E-state index in [1.165, 1.54) is 30.8 Å². The Bertz CT molecular complexity index is 540. The Labute approximate surface area is 151 Å². The van der Waals surface area contributed by atoms with Crippen molar-refractivity contribution in [3.05, 3.63) is 15.6 Å². The number of hydrogen-bond donors (Lipinski definition) is 2. The van der Waals surface area contributed by atoms with Gasteiger partial charge in [-0.3, -0.25) is 4.90 Å². The maximum atomic E-state index is 4.74. The maximum absolute atomic E-state index is 4.74. The summed E-state index contributed by atoms with van der Waals surface area (Å²) >= 11 is 1.74. The molecule has 136 valence electrons. The molecular weight excluding hydrogens is 318 g/mol. The molecular formula is C18H33N5S. The van der Waals surface area contributed by atoms with E-state index in [2.05, 4.69) is 55.1 Å². The fourth-order valence-corrected chi connectivity index (χ4v) is 4.07. The van der Waals surface area contributed by atoms with E-state index < -0.39 is 0 Å². The van der Waals surface area contributed by atoms with Crippen molar-refractivity contribution in [1.29, 1.82) is 0 Å². The summed E-state index contributed by atoms with van der Waals surface area (Å²) in [6, 6.07) is 0.531. The van der Waals surface area contributed by atoms with E-state index in [-0.39, 0.29) is 0 Å². The van der Waals surface area contributed by atoms with Gasteiger partial charge in [0.25, 0.3) is 0 Å². The smallest absolute Gasteiger partial charge is 0.191 e. The van der Waals surface area contributed by atoms with E-state index in [4.69, 9.17) is 4.99 Å². The Kier molecular flexibility index (Phi) is 7.49. The molecule has 2 atom stereocenters. The van der Waals surface area contributed by atoms with Gasteiger partial charge in [0.2, 0.25) is 0 Å². The minimum atomic E-state index is 0.531. The number of piperidine rings is 1. The number of aliphatic imine (C=N–C) groups is 1. The van der Waals surface area contributed by atoms with Crippen molar-refractivity contribution in [1.82, 2.24) is 20.5 Å². The Morgan fingerprint density at radius 3 is 2.83 bits per heavy atom. The number of thiazole rings is 1. The van der Waals surface area contributed by atoms with Crippen molar-refractivity contribution in [2.24, 2.45) is 10.9 Å². The topological polar surface area (TPSA) is 52.6 Å². The third-order valence-corrected chi connectivity index (χ3v) is 5.66. The minimum absolute atomic E-state index is 0.531. The Hall–Kier alpha value is -1.14. The van der Waals surface area contributed by atoms with Crippen LogP contribution in [0.3, 0.4) is 0 Å². The van der Waals surface area contributed by atoms with Crippen molar-refractivity contribution in [2.45, 2.75) is 60.0 Å². The normalized spacial score (nSPS) is 20.9. The van der Waals surface area contributed by atoms with Crippen LogP contribution in [-0.4, -0.2) is 48.1 Å². The number of aryl methyl sites for hydroxylation is 2.